The number of fused-ring (bicyclic) bond motifs is 1. The van der Waals surface area contributed by atoms with Gasteiger partial charge in [-0.1, -0.05) is 26.0 Å². The van der Waals surface area contributed by atoms with Gasteiger partial charge in [0.1, 0.15) is 0 Å². The molecule has 0 saturated heterocycles. The standard InChI is InChI=1S/C15H24N2S/c1-4-15(5-2,18-3)11-17-9-12-7-6-8-14(16)13(12)10-17/h6-8H,4-5,9-11,16H2,1-3H3. The summed E-state index contributed by atoms with van der Waals surface area (Å²) in [7, 11) is 0. The third-order valence-corrected chi connectivity index (χ3v) is 5.89. The van der Waals surface area contributed by atoms with E-state index in [9.17, 15) is 0 Å². The first-order valence-corrected chi connectivity index (χ1v) is 8.00. The van der Waals surface area contributed by atoms with Crippen LogP contribution in [0.3, 0.4) is 0 Å². The average molecular weight is 264 g/mol. The molecule has 2 rings (SSSR count). The molecule has 0 bridgehead atoms. The molecule has 0 amide bonds. The highest BCUT2D eigenvalue weighted by Gasteiger charge is 2.30. The lowest BCUT2D eigenvalue weighted by Gasteiger charge is -2.34. The van der Waals surface area contributed by atoms with E-state index in [4.69, 9.17) is 5.73 Å². The number of benzene rings is 1. The number of hydrogen-bond donors (Lipinski definition) is 1. The van der Waals surface area contributed by atoms with Crippen LogP contribution in [0.25, 0.3) is 0 Å². The molecule has 0 saturated carbocycles. The maximum absolute atomic E-state index is 6.06. The van der Waals surface area contributed by atoms with Crippen molar-refractivity contribution in [3.05, 3.63) is 29.3 Å². The maximum Gasteiger partial charge on any atom is 0.0363 e. The van der Waals surface area contributed by atoms with Gasteiger partial charge in [0, 0.05) is 30.1 Å². The number of thioether (sulfide) groups is 1. The van der Waals surface area contributed by atoms with Crippen molar-refractivity contribution < 1.29 is 0 Å². The quantitative estimate of drug-likeness (QED) is 0.825. The predicted molar refractivity (Wildman–Crippen MR) is 81.8 cm³/mol. The van der Waals surface area contributed by atoms with Crippen molar-refractivity contribution in [2.24, 2.45) is 0 Å². The van der Waals surface area contributed by atoms with E-state index in [0.29, 0.717) is 4.75 Å². The van der Waals surface area contributed by atoms with Crippen LogP contribution >= 0.6 is 11.8 Å². The Hall–Kier alpha value is -0.670. The molecular weight excluding hydrogens is 240 g/mol. The van der Waals surface area contributed by atoms with Crippen LogP contribution in [-0.4, -0.2) is 22.4 Å². The Morgan fingerprint density at radius 3 is 2.56 bits per heavy atom. The molecular formula is C15H24N2S. The molecule has 0 aromatic heterocycles. The molecule has 0 unspecified atom stereocenters. The lowest BCUT2D eigenvalue weighted by atomic mass is 10.0. The Balaban J connectivity index is 2.10. The van der Waals surface area contributed by atoms with Crippen molar-refractivity contribution in [3.63, 3.8) is 0 Å². The van der Waals surface area contributed by atoms with Crippen LogP contribution in [0, 0.1) is 0 Å². The van der Waals surface area contributed by atoms with Crippen LogP contribution in [0.1, 0.15) is 37.8 Å². The molecule has 1 aromatic rings. The van der Waals surface area contributed by atoms with Crippen molar-refractivity contribution in [3.8, 4) is 0 Å². The lowest BCUT2D eigenvalue weighted by Crippen LogP contribution is -2.37. The normalized spacial score (nSPS) is 15.9. The maximum atomic E-state index is 6.06. The zero-order chi connectivity index (χ0) is 13.2. The minimum Gasteiger partial charge on any atom is -0.398 e. The van der Waals surface area contributed by atoms with Gasteiger partial charge in [-0.3, -0.25) is 4.90 Å². The summed E-state index contributed by atoms with van der Waals surface area (Å²) >= 11 is 2.01. The van der Waals surface area contributed by atoms with Crippen molar-refractivity contribution >= 4 is 17.4 Å². The zero-order valence-corrected chi connectivity index (χ0v) is 12.5. The van der Waals surface area contributed by atoms with E-state index in [1.807, 2.05) is 17.8 Å². The summed E-state index contributed by atoms with van der Waals surface area (Å²) in [5, 5.41) is 0. The minimum atomic E-state index is 0.400. The van der Waals surface area contributed by atoms with Crippen molar-refractivity contribution in [1.82, 2.24) is 4.90 Å². The Kier molecular flexibility index (Phi) is 4.23. The Morgan fingerprint density at radius 2 is 2.00 bits per heavy atom. The smallest absolute Gasteiger partial charge is 0.0363 e. The number of hydrogen-bond acceptors (Lipinski definition) is 3. The van der Waals surface area contributed by atoms with Crippen molar-refractivity contribution in [1.29, 1.82) is 0 Å². The van der Waals surface area contributed by atoms with Crippen LogP contribution in [0.4, 0.5) is 5.69 Å². The summed E-state index contributed by atoms with van der Waals surface area (Å²) in [5.74, 6) is 0. The molecule has 0 fully saturated rings. The van der Waals surface area contributed by atoms with E-state index in [1.165, 1.54) is 24.0 Å². The first-order valence-electron chi connectivity index (χ1n) is 6.78. The van der Waals surface area contributed by atoms with Crippen LogP contribution in [0.15, 0.2) is 18.2 Å². The van der Waals surface area contributed by atoms with Gasteiger partial charge in [-0.2, -0.15) is 11.8 Å². The number of nitrogens with zero attached hydrogens (tertiary/aromatic N) is 1. The molecule has 1 aliphatic rings. The highest BCUT2D eigenvalue weighted by atomic mass is 32.2. The molecule has 0 atom stereocenters. The van der Waals surface area contributed by atoms with Gasteiger partial charge in [0.25, 0.3) is 0 Å². The van der Waals surface area contributed by atoms with Crippen molar-refractivity contribution in [2.45, 2.75) is 44.5 Å². The van der Waals surface area contributed by atoms with Gasteiger partial charge in [-0.25, -0.2) is 0 Å². The van der Waals surface area contributed by atoms with Crippen LogP contribution in [-0.2, 0) is 13.1 Å². The number of anilines is 1. The van der Waals surface area contributed by atoms with E-state index < -0.39 is 0 Å². The lowest BCUT2D eigenvalue weighted by molar-refractivity contribution is 0.245. The second kappa shape index (κ2) is 5.54. The number of nitrogens with two attached hydrogens (primary N) is 1. The molecule has 1 aliphatic heterocycles. The highest BCUT2D eigenvalue weighted by molar-refractivity contribution is 8.00. The number of nitrogen functional groups attached to an aromatic ring is 1. The average Bonchev–Trinajstić information content (AvgIpc) is 2.80. The molecule has 2 N–H and O–H groups in total. The van der Waals surface area contributed by atoms with Gasteiger partial charge in [-0.15, -0.1) is 0 Å². The van der Waals surface area contributed by atoms with Gasteiger partial charge in [-0.05, 0) is 36.3 Å². The molecule has 3 heteroatoms. The largest absolute Gasteiger partial charge is 0.398 e. The van der Waals surface area contributed by atoms with E-state index >= 15 is 0 Å². The minimum absolute atomic E-state index is 0.400. The zero-order valence-electron chi connectivity index (χ0n) is 11.7. The summed E-state index contributed by atoms with van der Waals surface area (Å²) in [5.41, 5.74) is 9.78. The fourth-order valence-electron chi connectivity index (χ4n) is 2.86. The summed E-state index contributed by atoms with van der Waals surface area (Å²) in [6, 6.07) is 6.30. The fraction of sp³-hybridized carbons (Fsp3) is 0.600. The third-order valence-electron chi connectivity index (χ3n) is 4.32. The monoisotopic (exact) mass is 264 g/mol. The van der Waals surface area contributed by atoms with Gasteiger partial charge in [0.05, 0.1) is 0 Å². The van der Waals surface area contributed by atoms with E-state index in [0.717, 1.165) is 25.3 Å². The Morgan fingerprint density at radius 1 is 1.28 bits per heavy atom. The van der Waals surface area contributed by atoms with E-state index in [-0.39, 0.29) is 0 Å². The molecule has 0 spiro atoms. The topological polar surface area (TPSA) is 29.3 Å². The molecule has 18 heavy (non-hydrogen) atoms. The molecule has 100 valence electrons. The molecule has 0 radical (unpaired) electrons. The molecule has 1 heterocycles. The summed E-state index contributed by atoms with van der Waals surface area (Å²) in [6.45, 7) is 7.84. The first-order chi connectivity index (χ1) is 8.64. The summed E-state index contributed by atoms with van der Waals surface area (Å²) in [4.78, 5) is 2.55. The van der Waals surface area contributed by atoms with E-state index in [2.05, 4.69) is 37.1 Å². The van der Waals surface area contributed by atoms with Gasteiger partial charge >= 0.3 is 0 Å². The Labute approximate surface area is 115 Å². The molecule has 1 aromatic carbocycles. The third kappa shape index (κ3) is 2.52. The fourth-order valence-corrected chi connectivity index (χ4v) is 3.75. The van der Waals surface area contributed by atoms with Gasteiger partial charge in [0.15, 0.2) is 0 Å². The van der Waals surface area contributed by atoms with Gasteiger partial charge in [0.2, 0.25) is 0 Å². The van der Waals surface area contributed by atoms with Crippen molar-refractivity contribution in [2.75, 3.05) is 18.5 Å². The first kappa shape index (κ1) is 13.8. The summed E-state index contributed by atoms with van der Waals surface area (Å²) < 4.78 is 0.400. The molecule has 2 nitrogen and oxygen atoms in total. The van der Waals surface area contributed by atoms with Crippen LogP contribution in [0.5, 0.6) is 0 Å². The van der Waals surface area contributed by atoms with E-state index in [1.54, 1.807) is 0 Å². The molecule has 0 aliphatic carbocycles. The second-order valence-corrected chi connectivity index (χ2v) is 6.50. The van der Waals surface area contributed by atoms with Crippen LogP contribution in [0.2, 0.25) is 0 Å². The second-order valence-electron chi connectivity index (χ2n) is 5.22. The van der Waals surface area contributed by atoms with Gasteiger partial charge < -0.3 is 5.73 Å². The summed E-state index contributed by atoms with van der Waals surface area (Å²) in [6.07, 6.45) is 4.70. The highest BCUT2D eigenvalue weighted by Crippen LogP contribution is 2.35. The Bertz CT molecular complexity index is 405. The number of rotatable bonds is 5. The SMILES string of the molecule is CCC(CC)(CN1Cc2cccc(N)c2C1)SC. The van der Waals surface area contributed by atoms with Crippen LogP contribution < -0.4 is 5.73 Å². The predicted octanol–water partition coefficient (Wildman–Crippen LogP) is 3.51.